The van der Waals surface area contributed by atoms with Gasteiger partial charge in [0.25, 0.3) is 0 Å². The van der Waals surface area contributed by atoms with Gasteiger partial charge >= 0.3 is 0 Å². The fourth-order valence-corrected chi connectivity index (χ4v) is 2.50. The molecule has 5 nitrogen and oxygen atoms in total. The van der Waals surface area contributed by atoms with Crippen LogP contribution in [0.1, 0.15) is 50.7 Å². The van der Waals surface area contributed by atoms with E-state index in [-0.39, 0.29) is 0 Å². The maximum absolute atomic E-state index is 5.42. The molecule has 0 saturated carbocycles. The van der Waals surface area contributed by atoms with Crippen LogP contribution in [0.2, 0.25) is 0 Å². The molecule has 2 aromatic heterocycles. The minimum Gasteiger partial charge on any atom is -0.339 e. The number of allylic oxidation sites excluding steroid dienone is 2. The Morgan fingerprint density at radius 1 is 1.37 bits per heavy atom. The van der Waals surface area contributed by atoms with Gasteiger partial charge in [-0.05, 0) is 33.1 Å². The monoisotopic (exact) mass is 258 g/mol. The van der Waals surface area contributed by atoms with E-state index in [2.05, 4.69) is 29.0 Å². The van der Waals surface area contributed by atoms with Crippen LogP contribution in [0.15, 0.2) is 34.4 Å². The van der Waals surface area contributed by atoms with Crippen molar-refractivity contribution >= 4 is 0 Å². The third kappa shape index (κ3) is 2.59. The van der Waals surface area contributed by atoms with Crippen molar-refractivity contribution in [1.82, 2.24) is 19.7 Å². The zero-order valence-electron chi connectivity index (χ0n) is 11.3. The molecular weight excluding hydrogens is 240 g/mol. The van der Waals surface area contributed by atoms with Crippen molar-refractivity contribution in [2.75, 3.05) is 0 Å². The van der Waals surface area contributed by atoms with Crippen LogP contribution < -0.4 is 0 Å². The summed E-state index contributed by atoms with van der Waals surface area (Å²) in [6.45, 7) is 5.03. The van der Waals surface area contributed by atoms with E-state index in [4.69, 9.17) is 4.52 Å². The van der Waals surface area contributed by atoms with Crippen LogP contribution >= 0.6 is 0 Å². The van der Waals surface area contributed by atoms with Crippen LogP contribution in [0, 0.1) is 0 Å². The molecule has 0 spiro atoms. The Morgan fingerprint density at radius 2 is 2.26 bits per heavy atom. The van der Waals surface area contributed by atoms with Crippen molar-refractivity contribution in [3.8, 4) is 0 Å². The molecule has 0 amide bonds. The second-order valence-electron chi connectivity index (χ2n) is 5.28. The quantitative estimate of drug-likeness (QED) is 0.794. The number of aromatic nitrogens is 4. The molecule has 0 bridgehead atoms. The first-order valence-corrected chi connectivity index (χ1v) is 6.66. The van der Waals surface area contributed by atoms with Gasteiger partial charge in [0.05, 0.1) is 12.9 Å². The van der Waals surface area contributed by atoms with Crippen molar-refractivity contribution in [3.05, 3.63) is 41.6 Å². The summed E-state index contributed by atoms with van der Waals surface area (Å²) in [6.07, 6.45) is 8.68. The zero-order valence-corrected chi connectivity index (χ0v) is 11.3. The molecule has 2 aromatic rings. The van der Waals surface area contributed by atoms with Gasteiger partial charge in [0, 0.05) is 18.3 Å². The molecule has 0 fully saturated rings. The molecule has 3 rings (SSSR count). The fourth-order valence-electron chi connectivity index (χ4n) is 2.50. The van der Waals surface area contributed by atoms with Crippen LogP contribution in [0.3, 0.4) is 0 Å². The van der Waals surface area contributed by atoms with Crippen LogP contribution in [0.25, 0.3) is 0 Å². The SMILES string of the molecule is CC1=C(C)CC(c2nc(Cn3ccnc3)no2)CC1. The van der Waals surface area contributed by atoms with Gasteiger partial charge in [0.1, 0.15) is 0 Å². The smallest absolute Gasteiger partial charge is 0.230 e. The maximum Gasteiger partial charge on any atom is 0.230 e. The lowest BCUT2D eigenvalue weighted by Crippen LogP contribution is -2.07. The molecule has 1 unspecified atom stereocenters. The van der Waals surface area contributed by atoms with Gasteiger partial charge in [-0.2, -0.15) is 4.98 Å². The molecule has 0 aromatic carbocycles. The first-order valence-electron chi connectivity index (χ1n) is 6.66. The molecule has 0 aliphatic heterocycles. The van der Waals surface area contributed by atoms with Gasteiger partial charge in [0.15, 0.2) is 5.82 Å². The number of imidazole rings is 1. The maximum atomic E-state index is 5.42. The summed E-state index contributed by atoms with van der Waals surface area (Å²) in [4.78, 5) is 8.52. The lowest BCUT2D eigenvalue weighted by Gasteiger charge is -2.20. The lowest BCUT2D eigenvalue weighted by atomic mass is 9.85. The zero-order chi connectivity index (χ0) is 13.2. The van der Waals surface area contributed by atoms with Crippen LogP contribution in [0.4, 0.5) is 0 Å². The fraction of sp³-hybridized carbons (Fsp3) is 0.500. The molecule has 0 N–H and O–H groups in total. The molecule has 1 atom stereocenters. The minimum absolute atomic E-state index is 0.382. The molecule has 19 heavy (non-hydrogen) atoms. The van der Waals surface area contributed by atoms with Crippen molar-refractivity contribution in [3.63, 3.8) is 0 Å². The Balaban J connectivity index is 1.72. The standard InChI is InChI=1S/C14H18N4O/c1-10-3-4-12(7-11(10)2)14-16-13(17-19-14)8-18-6-5-15-9-18/h5-6,9,12H,3-4,7-8H2,1-2H3. The first kappa shape index (κ1) is 12.1. The largest absolute Gasteiger partial charge is 0.339 e. The van der Waals surface area contributed by atoms with Gasteiger partial charge in [-0.1, -0.05) is 16.3 Å². The summed E-state index contributed by atoms with van der Waals surface area (Å²) in [7, 11) is 0. The van der Waals surface area contributed by atoms with Gasteiger partial charge in [-0.3, -0.25) is 0 Å². The second-order valence-corrected chi connectivity index (χ2v) is 5.28. The molecule has 100 valence electrons. The Bertz CT molecular complexity index is 582. The molecular formula is C14H18N4O. The third-order valence-electron chi connectivity index (χ3n) is 3.87. The number of hydrogen-bond acceptors (Lipinski definition) is 4. The van der Waals surface area contributed by atoms with E-state index in [9.17, 15) is 0 Å². The number of hydrogen-bond donors (Lipinski definition) is 0. The Hall–Kier alpha value is -1.91. The molecule has 1 aliphatic carbocycles. The lowest BCUT2D eigenvalue weighted by molar-refractivity contribution is 0.336. The molecule has 0 radical (unpaired) electrons. The summed E-state index contributed by atoms with van der Waals surface area (Å²) >= 11 is 0. The van der Waals surface area contributed by atoms with E-state index in [0.29, 0.717) is 12.5 Å². The van der Waals surface area contributed by atoms with Gasteiger partial charge in [0.2, 0.25) is 5.89 Å². The summed E-state index contributed by atoms with van der Waals surface area (Å²) in [5.74, 6) is 1.88. The molecule has 1 aliphatic rings. The third-order valence-corrected chi connectivity index (χ3v) is 3.87. The van der Waals surface area contributed by atoms with Gasteiger partial charge in [-0.15, -0.1) is 0 Å². The summed E-state index contributed by atoms with van der Waals surface area (Å²) in [5.41, 5.74) is 2.97. The molecule has 2 heterocycles. The highest BCUT2D eigenvalue weighted by atomic mass is 16.5. The van der Waals surface area contributed by atoms with Crippen LogP contribution in [-0.4, -0.2) is 19.7 Å². The van der Waals surface area contributed by atoms with Crippen LogP contribution in [0.5, 0.6) is 0 Å². The van der Waals surface area contributed by atoms with E-state index in [0.717, 1.165) is 31.0 Å². The van der Waals surface area contributed by atoms with Crippen molar-refractivity contribution in [2.24, 2.45) is 0 Å². The summed E-state index contributed by atoms with van der Waals surface area (Å²) < 4.78 is 7.35. The number of rotatable bonds is 3. The van der Waals surface area contributed by atoms with E-state index >= 15 is 0 Å². The van der Waals surface area contributed by atoms with Crippen molar-refractivity contribution in [1.29, 1.82) is 0 Å². The van der Waals surface area contributed by atoms with Crippen molar-refractivity contribution in [2.45, 2.75) is 45.6 Å². The summed E-state index contributed by atoms with van der Waals surface area (Å²) in [6, 6.07) is 0. The molecule has 0 saturated heterocycles. The topological polar surface area (TPSA) is 56.7 Å². The Labute approximate surface area is 112 Å². The second kappa shape index (κ2) is 4.99. The van der Waals surface area contributed by atoms with E-state index in [1.165, 1.54) is 11.1 Å². The number of nitrogens with zero attached hydrogens (tertiary/aromatic N) is 4. The normalized spacial score (nSPS) is 20.0. The highest BCUT2D eigenvalue weighted by molar-refractivity contribution is 5.17. The highest BCUT2D eigenvalue weighted by Crippen LogP contribution is 2.35. The Kier molecular flexibility index (Phi) is 3.19. The predicted octanol–water partition coefficient (Wildman–Crippen LogP) is 2.92. The first-order chi connectivity index (χ1) is 9.22. The average Bonchev–Trinajstić information content (AvgIpc) is 3.05. The average molecular weight is 258 g/mol. The van der Waals surface area contributed by atoms with E-state index in [1.54, 1.807) is 12.5 Å². The van der Waals surface area contributed by atoms with E-state index in [1.807, 2.05) is 10.8 Å². The highest BCUT2D eigenvalue weighted by Gasteiger charge is 2.23. The summed E-state index contributed by atoms with van der Waals surface area (Å²) in [5, 5.41) is 4.06. The van der Waals surface area contributed by atoms with Gasteiger partial charge in [-0.25, -0.2) is 4.98 Å². The Morgan fingerprint density at radius 3 is 3.00 bits per heavy atom. The van der Waals surface area contributed by atoms with E-state index < -0.39 is 0 Å². The predicted molar refractivity (Wildman–Crippen MR) is 70.6 cm³/mol. The molecule has 5 heteroatoms. The van der Waals surface area contributed by atoms with Gasteiger partial charge < -0.3 is 9.09 Å². The minimum atomic E-state index is 0.382. The van der Waals surface area contributed by atoms with Crippen LogP contribution in [-0.2, 0) is 6.54 Å². The van der Waals surface area contributed by atoms with Crippen molar-refractivity contribution < 1.29 is 4.52 Å².